The number of nitrogens with one attached hydrogen (secondary N) is 1. The van der Waals surface area contributed by atoms with Gasteiger partial charge in [0.1, 0.15) is 11.6 Å². The minimum absolute atomic E-state index is 0.0261. The molecule has 0 saturated carbocycles. The number of carbonyl (C=O) groups excluding carboxylic acids is 2. The lowest BCUT2D eigenvalue weighted by Crippen LogP contribution is -2.49. The van der Waals surface area contributed by atoms with Gasteiger partial charge >= 0.3 is 6.03 Å². The number of halogens is 2. The third kappa shape index (κ3) is 5.26. The summed E-state index contributed by atoms with van der Waals surface area (Å²) in [5.74, 6) is -1.87. The van der Waals surface area contributed by atoms with Crippen LogP contribution in [0.1, 0.15) is 27.9 Å². The van der Waals surface area contributed by atoms with Gasteiger partial charge in [0.2, 0.25) is 0 Å². The van der Waals surface area contributed by atoms with Gasteiger partial charge in [-0.25, -0.2) is 13.6 Å². The van der Waals surface area contributed by atoms with E-state index in [1.54, 1.807) is 36.1 Å². The number of carbonyl (C=O) groups is 2. The van der Waals surface area contributed by atoms with Crippen LogP contribution in [0.5, 0.6) is 0 Å². The highest BCUT2D eigenvalue weighted by atomic mass is 19.1. The third-order valence-electron chi connectivity index (χ3n) is 5.79. The molecule has 0 spiro atoms. The predicted molar refractivity (Wildman–Crippen MR) is 126 cm³/mol. The maximum absolute atomic E-state index is 14.0. The minimum Gasteiger partial charge on any atom is -0.322 e. The Morgan fingerprint density at radius 2 is 1.80 bits per heavy atom. The molecule has 4 rings (SSSR count). The van der Waals surface area contributed by atoms with Crippen molar-refractivity contribution >= 4 is 29.0 Å². The molecular weight excluding hydrogens is 458 g/mol. The third-order valence-corrected chi connectivity index (χ3v) is 5.79. The van der Waals surface area contributed by atoms with E-state index in [4.69, 9.17) is 0 Å². The van der Waals surface area contributed by atoms with Crippen LogP contribution in [0.25, 0.3) is 0 Å². The van der Waals surface area contributed by atoms with Crippen molar-refractivity contribution in [3.63, 3.8) is 0 Å². The Hall–Kier alpha value is -4.34. The number of nitrogens with zero attached hydrogens (tertiary/aromatic N) is 3. The Morgan fingerprint density at radius 3 is 2.49 bits per heavy atom. The zero-order valence-corrected chi connectivity index (χ0v) is 18.8. The van der Waals surface area contributed by atoms with Gasteiger partial charge < -0.3 is 10.2 Å². The molecule has 3 aromatic rings. The quantitative estimate of drug-likeness (QED) is 0.384. The summed E-state index contributed by atoms with van der Waals surface area (Å²) < 4.78 is 27.2. The zero-order valence-electron chi connectivity index (χ0n) is 18.8. The molecule has 8 nitrogen and oxygen atoms in total. The first-order valence-corrected chi connectivity index (χ1v) is 10.9. The maximum Gasteiger partial charge on any atom is 0.324 e. The highest BCUT2D eigenvalue weighted by Crippen LogP contribution is 2.25. The van der Waals surface area contributed by atoms with Crippen molar-refractivity contribution in [3.8, 4) is 0 Å². The number of nitro benzene ring substituents is 1. The van der Waals surface area contributed by atoms with Gasteiger partial charge in [-0.2, -0.15) is 0 Å². The van der Waals surface area contributed by atoms with Crippen molar-refractivity contribution in [2.45, 2.75) is 19.9 Å². The van der Waals surface area contributed by atoms with Crippen LogP contribution < -0.4 is 10.2 Å². The van der Waals surface area contributed by atoms with Gasteiger partial charge in [-0.1, -0.05) is 12.1 Å². The fourth-order valence-electron chi connectivity index (χ4n) is 3.90. The number of hydrogen-bond donors (Lipinski definition) is 1. The summed E-state index contributed by atoms with van der Waals surface area (Å²) in [5, 5.41) is 13.8. The lowest BCUT2D eigenvalue weighted by molar-refractivity contribution is -0.385. The Balaban J connectivity index is 1.44. The van der Waals surface area contributed by atoms with Crippen LogP contribution in [0, 0.1) is 28.7 Å². The van der Waals surface area contributed by atoms with Gasteiger partial charge in [0.25, 0.3) is 11.6 Å². The Bertz CT molecular complexity index is 1300. The first-order chi connectivity index (χ1) is 16.7. The lowest BCUT2D eigenvalue weighted by Gasteiger charge is -2.35. The number of hydrogen-bond acceptors (Lipinski definition) is 4. The fraction of sp³-hybridized carbons (Fsp3) is 0.200. The van der Waals surface area contributed by atoms with E-state index in [2.05, 4.69) is 5.32 Å². The lowest BCUT2D eigenvalue weighted by atomic mass is 10.1. The molecule has 1 heterocycles. The Labute approximate surface area is 199 Å². The van der Waals surface area contributed by atoms with E-state index in [0.29, 0.717) is 36.4 Å². The van der Waals surface area contributed by atoms with Crippen LogP contribution in [0.4, 0.5) is 30.6 Å². The molecule has 0 aliphatic carbocycles. The molecule has 1 saturated heterocycles. The molecule has 180 valence electrons. The summed E-state index contributed by atoms with van der Waals surface area (Å²) in [6.45, 7) is 2.54. The molecule has 1 fully saturated rings. The summed E-state index contributed by atoms with van der Waals surface area (Å²) in [6, 6.07) is 13.8. The number of benzene rings is 3. The van der Waals surface area contributed by atoms with Crippen LogP contribution in [-0.4, -0.2) is 34.9 Å². The van der Waals surface area contributed by atoms with E-state index in [0.717, 1.165) is 12.1 Å². The largest absolute Gasteiger partial charge is 0.324 e. The molecule has 0 atom stereocenters. The minimum atomic E-state index is -0.700. The van der Waals surface area contributed by atoms with E-state index in [1.807, 2.05) is 0 Å². The molecule has 1 aliphatic rings. The SMILES string of the molecule is Cc1ccc(C(=O)Nc2ccc(N3CCCN(Cc4ccc(F)cc4F)C3=O)cc2)cc1[N+](=O)[O-]. The monoisotopic (exact) mass is 480 g/mol. The second kappa shape index (κ2) is 9.88. The normalized spacial score (nSPS) is 13.6. The van der Waals surface area contributed by atoms with Crippen LogP contribution in [0.15, 0.2) is 60.7 Å². The average Bonchev–Trinajstić information content (AvgIpc) is 2.82. The van der Waals surface area contributed by atoms with Crippen molar-refractivity contribution in [3.05, 3.63) is 99.1 Å². The predicted octanol–water partition coefficient (Wildman–Crippen LogP) is 5.27. The van der Waals surface area contributed by atoms with Crippen LogP contribution in [0.2, 0.25) is 0 Å². The molecule has 10 heteroatoms. The number of aryl methyl sites for hydroxylation is 1. The first-order valence-electron chi connectivity index (χ1n) is 10.9. The fourth-order valence-corrected chi connectivity index (χ4v) is 3.90. The highest BCUT2D eigenvalue weighted by molar-refractivity contribution is 6.05. The van der Waals surface area contributed by atoms with Crippen LogP contribution in [0.3, 0.4) is 0 Å². The van der Waals surface area contributed by atoms with Gasteiger partial charge in [-0.05, 0) is 49.7 Å². The standard InChI is InChI=1S/C25H22F2N4O4/c1-16-3-4-17(13-23(16)31(34)35)24(32)28-20-7-9-21(10-8-20)30-12-2-11-29(25(30)33)15-18-5-6-19(26)14-22(18)27/h3-10,13-14H,2,11-12,15H2,1H3,(H,28,32). The van der Waals surface area contributed by atoms with Crippen molar-refractivity contribution in [2.75, 3.05) is 23.3 Å². The van der Waals surface area contributed by atoms with E-state index in [1.165, 1.54) is 29.2 Å². The second-order valence-corrected chi connectivity index (χ2v) is 8.20. The average molecular weight is 480 g/mol. The topological polar surface area (TPSA) is 95.8 Å². The van der Waals surface area contributed by atoms with Gasteiger partial charge in [0.15, 0.2) is 0 Å². The molecule has 0 unspecified atom stereocenters. The van der Waals surface area contributed by atoms with Crippen molar-refractivity contribution in [2.24, 2.45) is 0 Å². The molecule has 0 bridgehead atoms. The van der Waals surface area contributed by atoms with E-state index in [-0.39, 0.29) is 29.4 Å². The molecule has 35 heavy (non-hydrogen) atoms. The smallest absolute Gasteiger partial charge is 0.322 e. The van der Waals surface area contributed by atoms with E-state index in [9.17, 15) is 28.5 Å². The van der Waals surface area contributed by atoms with Gasteiger partial charge in [-0.3, -0.25) is 19.8 Å². The van der Waals surface area contributed by atoms with Crippen molar-refractivity contribution < 1.29 is 23.3 Å². The molecule has 1 N–H and O–H groups in total. The summed E-state index contributed by atoms with van der Waals surface area (Å²) in [5.41, 5.74) is 1.76. The zero-order chi connectivity index (χ0) is 25.1. The van der Waals surface area contributed by atoms with Crippen molar-refractivity contribution in [1.82, 2.24) is 4.90 Å². The summed E-state index contributed by atoms with van der Waals surface area (Å²) in [7, 11) is 0. The van der Waals surface area contributed by atoms with Gasteiger partial charge in [-0.15, -0.1) is 0 Å². The molecule has 3 aromatic carbocycles. The van der Waals surface area contributed by atoms with Crippen molar-refractivity contribution in [1.29, 1.82) is 0 Å². The summed E-state index contributed by atoms with van der Waals surface area (Å²) >= 11 is 0. The maximum atomic E-state index is 14.0. The van der Waals surface area contributed by atoms with Gasteiger partial charge in [0, 0.05) is 53.3 Å². The molecule has 1 aliphatic heterocycles. The number of rotatable bonds is 6. The number of urea groups is 1. The molecule has 0 radical (unpaired) electrons. The molecule has 0 aromatic heterocycles. The van der Waals surface area contributed by atoms with E-state index < -0.39 is 22.5 Å². The summed E-state index contributed by atoms with van der Waals surface area (Å²) in [6.07, 6.45) is 0.666. The number of anilines is 2. The summed E-state index contributed by atoms with van der Waals surface area (Å²) in [4.78, 5) is 39.2. The van der Waals surface area contributed by atoms with Crippen LogP contribution >= 0.6 is 0 Å². The number of nitro groups is 1. The second-order valence-electron chi connectivity index (χ2n) is 8.20. The molecule has 3 amide bonds. The molecular formula is C25H22F2N4O4. The Morgan fingerprint density at radius 1 is 1.06 bits per heavy atom. The highest BCUT2D eigenvalue weighted by Gasteiger charge is 2.27. The number of amides is 3. The Kier molecular flexibility index (Phi) is 6.72. The van der Waals surface area contributed by atoms with Gasteiger partial charge in [0.05, 0.1) is 11.5 Å². The first kappa shape index (κ1) is 23.8. The van der Waals surface area contributed by atoms with Crippen LogP contribution in [-0.2, 0) is 6.54 Å². The van der Waals surface area contributed by atoms with E-state index >= 15 is 0 Å².